The molecule has 1 saturated heterocycles. The second-order valence-corrected chi connectivity index (χ2v) is 12.4. The lowest BCUT2D eigenvalue weighted by molar-refractivity contribution is -0.144. The minimum Gasteiger partial charge on any atom is -0.350 e. The average molecular weight is 661 g/mol. The molecule has 1 unspecified atom stereocenters. The molecule has 2 aliphatic heterocycles. The van der Waals surface area contributed by atoms with Crippen molar-refractivity contribution in [3.05, 3.63) is 73.9 Å². The molecule has 0 spiro atoms. The molecule has 0 radical (unpaired) electrons. The number of alkyl halides is 1. The first kappa shape index (κ1) is 27.7. The van der Waals surface area contributed by atoms with E-state index in [2.05, 4.69) is 32.9 Å². The molecule has 3 atom stereocenters. The Morgan fingerprint density at radius 1 is 1.23 bits per heavy atom. The van der Waals surface area contributed by atoms with E-state index >= 15 is 4.39 Å². The molecule has 1 aromatic heterocycles. The molecular formula is C29H30FIN4O3S. The fraction of sp³-hybridized carbons (Fsp3) is 0.379. The topological polar surface area (TPSA) is 82.6 Å². The third-order valence-corrected chi connectivity index (χ3v) is 9.44. The first-order valence-corrected chi connectivity index (χ1v) is 14.9. The van der Waals surface area contributed by atoms with Gasteiger partial charge >= 0.3 is 0 Å². The van der Waals surface area contributed by atoms with Gasteiger partial charge in [0.05, 0.1) is 16.1 Å². The summed E-state index contributed by atoms with van der Waals surface area (Å²) in [6, 6.07) is 11.3. The van der Waals surface area contributed by atoms with E-state index in [0.717, 1.165) is 30.8 Å². The number of aromatic nitrogens is 1. The number of nitrogens with zero attached hydrogens (tertiary/aromatic N) is 3. The molecule has 204 valence electrons. The van der Waals surface area contributed by atoms with Crippen LogP contribution < -0.4 is 5.32 Å². The van der Waals surface area contributed by atoms with Gasteiger partial charge in [0.25, 0.3) is 5.91 Å². The highest BCUT2D eigenvalue weighted by Gasteiger charge is 2.47. The van der Waals surface area contributed by atoms with Crippen LogP contribution >= 0.6 is 33.9 Å². The molecular weight excluding hydrogens is 630 g/mol. The lowest BCUT2D eigenvalue weighted by Gasteiger charge is -2.35. The largest absolute Gasteiger partial charge is 0.350 e. The second kappa shape index (κ2) is 11.3. The number of rotatable bonds is 7. The Hall–Kier alpha value is -2.86. The van der Waals surface area contributed by atoms with E-state index in [1.54, 1.807) is 28.4 Å². The van der Waals surface area contributed by atoms with E-state index in [1.807, 2.05) is 56.6 Å². The molecule has 2 aliphatic rings. The molecule has 0 aliphatic carbocycles. The molecule has 0 saturated carbocycles. The fourth-order valence-electron chi connectivity index (χ4n) is 5.46. The summed E-state index contributed by atoms with van der Waals surface area (Å²) in [5.41, 5.74) is 6.20. The Kier molecular flexibility index (Phi) is 8.04. The van der Waals surface area contributed by atoms with Crippen molar-refractivity contribution in [2.24, 2.45) is 5.92 Å². The number of fused-ring (bicyclic) bond motifs is 1. The average Bonchev–Trinajstić information content (AvgIpc) is 3.60. The van der Waals surface area contributed by atoms with Gasteiger partial charge in [-0.05, 0) is 70.7 Å². The van der Waals surface area contributed by atoms with Crippen LogP contribution in [0, 0.1) is 16.4 Å². The Morgan fingerprint density at radius 2 is 2.00 bits per heavy atom. The number of carbonyl (C=O) groups is 3. The lowest BCUT2D eigenvalue weighted by Crippen LogP contribution is -2.56. The molecule has 7 nitrogen and oxygen atoms in total. The fourth-order valence-corrected chi connectivity index (χ4v) is 6.96. The molecule has 3 aromatic rings. The summed E-state index contributed by atoms with van der Waals surface area (Å²) in [4.78, 5) is 48.5. The number of likely N-dealkylation sites (tertiary alicyclic amines) is 1. The highest BCUT2D eigenvalue weighted by molar-refractivity contribution is 14.1. The standard InChI is InChI=1S/C29H30FIN4O3S/c1-16(2)24(35-14-20-6-4-5-7-21(20)28(35)37)29(38)34-11-10-22(30)25(34)27(36)32-13-19-9-8-18(12-23(19)31)26-17(3)33-15-39-26/h4-9,12,15-16,22,24-25H,10-11,13-14H2,1-3H3,(H,32,36)/t22-,24-,25?/m0/s1. The van der Waals surface area contributed by atoms with Gasteiger partial charge in [-0.2, -0.15) is 0 Å². The Morgan fingerprint density at radius 3 is 2.67 bits per heavy atom. The van der Waals surface area contributed by atoms with Crippen molar-refractivity contribution in [2.45, 2.75) is 58.5 Å². The molecule has 39 heavy (non-hydrogen) atoms. The van der Waals surface area contributed by atoms with E-state index in [0.29, 0.717) is 12.1 Å². The van der Waals surface area contributed by atoms with Crippen LogP contribution in [0.2, 0.25) is 0 Å². The normalized spacial score (nSPS) is 19.5. The molecule has 10 heteroatoms. The van der Waals surface area contributed by atoms with E-state index in [9.17, 15) is 14.4 Å². The summed E-state index contributed by atoms with van der Waals surface area (Å²) in [6.07, 6.45) is -1.38. The zero-order valence-electron chi connectivity index (χ0n) is 22.0. The van der Waals surface area contributed by atoms with E-state index < -0.39 is 24.2 Å². The zero-order chi connectivity index (χ0) is 27.8. The molecule has 1 N–H and O–H groups in total. The van der Waals surface area contributed by atoms with E-state index in [-0.39, 0.29) is 37.2 Å². The maximum atomic E-state index is 15.1. The number of carbonyl (C=O) groups excluding carboxylic acids is 3. The monoisotopic (exact) mass is 660 g/mol. The first-order chi connectivity index (χ1) is 18.7. The SMILES string of the molecule is Cc1ncsc1-c1ccc(CNC(=O)C2[C@@H](F)CCN2C(=O)[C@H](C(C)C)N2Cc3ccccc3C2=O)c(I)c1. The molecule has 5 rings (SSSR count). The van der Waals surface area contributed by atoms with Gasteiger partial charge in [-0.15, -0.1) is 11.3 Å². The minimum atomic E-state index is -1.47. The van der Waals surface area contributed by atoms with Crippen molar-refractivity contribution >= 4 is 51.6 Å². The number of benzene rings is 2. The van der Waals surface area contributed by atoms with Gasteiger partial charge in [-0.3, -0.25) is 14.4 Å². The number of amides is 3. The van der Waals surface area contributed by atoms with Crippen molar-refractivity contribution in [1.29, 1.82) is 0 Å². The van der Waals surface area contributed by atoms with Crippen LogP contribution in [0.3, 0.4) is 0 Å². The van der Waals surface area contributed by atoms with Crippen LogP contribution in [0.4, 0.5) is 4.39 Å². The van der Waals surface area contributed by atoms with Gasteiger partial charge < -0.3 is 15.1 Å². The zero-order valence-corrected chi connectivity index (χ0v) is 25.0. The highest BCUT2D eigenvalue weighted by Crippen LogP contribution is 2.32. The van der Waals surface area contributed by atoms with Crippen LogP contribution in [0.1, 0.15) is 47.4 Å². The van der Waals surface area contributed by atoms with Gasteiger partial charge in [0.1, 0.15) is 18.3 Å². The predicted molar refractivity (Wildman–Crippen MR) is 157 cm³/mol. The number of aryl methyl sites for hydroxylation is 1. The van der Waals surface area contributed by atoms with Gasteiger partial charge in [-0.25, -0.2) is 9.37 Å². The van der Waals surface area contributed by atoms with Crippen molar-refractivity contribution in [1.82, 2.24) is 20.1 Å². The van der Waals surface area contributed by atoms with Gasteiger partial charge in [0.2, 0.25) is 11.8 Å². The van der Waals surface area contributed by atoms with Crippen LogP contribution in [0.15, 0.2) is 48.0 Å². The molecule has 1 fully saturated rings. The van der Waals surface area contributed by atoms with Gasteiger partial charge in [0, 0.05) is 28.8 Å². The summed E-state index contributed by atoms with van der Waals surface area (Å²) in [7, 11) is 0. The summed E-state index contributed by atoms with van der Waals surface area (Å²) >= 11 is 3.81. The van der Waals surface area contributed by atoms with Crippen LogP contribution in [-0.2, 0) is 22.7 Å². The molecule has 3 amide bonds. The molecule has 3 heterocycles. The number of nitrogens with one attached hydrogen (secondary N) is 1. The van der Waals surface area contributed by atoms with Gasteiger partial charge in [0.15, 0.2) is 0 Å². The summed E-state index contributed by atoms with van der Waals surface area (Å²) in [5.74, 6) is -1.32. The smallest absolute Gasteiger partial charge is 0.255 e. The predicted octanol–water partition coefficient (Wildman–Crippen LogP) is 4.96. The summed E-state index contributed by atoms with van der Waals surface area (Å²) < 4.78 is 16.1. The highest BCUT2D eigenvalue weighted by atomic mass is 127. The summed E-state index contributed by atoms with van der Waals surface area (Å²) in [6.45, 7) is 6.39. The van der Waals surface area contributed by atoms with E-state index in [1.165, 1.54) is 4.90 Å². The van der Waals surface area contributed by atoms with E-state index in [4.69, 9.17) is 0 Å². The third kappa shape index (κ3) is 5.32. The van der Waals surface area contributed by atoms with Crippen LogP contribution in [-0.4, -0.2) is 57.3 Å². The van der Waals surface area contributed by atoms with Crippen LogP contribution in [0.25, 0.3) is 10.4 Å². The quantitative estimate of drug-likeness (QED) is 0.364. The Bertz CT molecular complexity index is 1430. The van der Waals surface area contributed by atoms with Crippen molar-refractivity contribution < 1.29 is 18.8 Å². The number of halogens is 2. The van der Waals surface area contributed by atoms with Gasteiger partial charge in [-0.1, -0.05) is 44.2 Å². The minimum absolute atomic E-state index is 0.0866. The second-order valence-electron chi connectivity index (χ2n) is 10.4. The number of thiazole rings is 1. The van der Waals surface area contributed by atoms with Crippen LogP contribution in [0.5, 0.6) is 0 Å². The third-order valence-electron chi connectivity index (χ3n) is 7.46. The number of hydrogen-bond donors (Lipinski definition) is 1. The lowest BCUT2D eigenvalue weighted by atomic mass is 10.00. The maximum Gasteiger partial charge on any atom is 0.255 e. The summed E-state index contributed by atoms with van der Waals surface area (Å²) in [5, 5.41) is 2.86. The molecule has 2 aromatic carbocycles. The number of hydrogen-bond acceptors (Lipinski definition) is 5. The first-order valence-electron chi connectivity index (χ1n) is 13.0. The van der Waals surface area contributed by atoms with Crippen molar-refractivity contribution in [3.63, 3.8) is 0 Å². The Balaban J connectivity index is 1.30. The Labute approximate surface area is 244 Å². The molecule has 0 bridgehead atoms. The van der Waals surface area contributed by atoms with Crippen molar-refractivity contribution in [3.8, 4) is 10.4 Å². The maximum absolute atomic E-state index is 15.1. The van der Waals surface area contributed by atoms with Crippen molar-refractivity contribution in [2.75, 3.05) is 6.54 Å².